The van der Waals surface area contributed by atoms with Crippen LogP contribution in [0.5, 0.6) is 5.75 Å². The molecule has 0 aromatic heterocycles. The lowest BCUT2D eigenvalue weighted by Crippen LogP contribution is -2.35. The maximum absolute atomic E-state index is 6.19. The monoisotopic (exact) mass is 332 g/mol. The van der Waals surface area contributed by atoms with Gasteiger partial charge in [-0.3, -0.25) is 0 Å². The second kappa shape index (κ2) is 8.71. The minimum absolute atomic E-state index is 0.0679. The van der Waals surface area contributed by atoms with Gasteiger partial charge in [-0.15, -0.1) is 6.58 Å². The summed E-state index contributed by atoms with van der Waals surface area (Å²) in [7, 11) is 0. The fourth-order valence-corrected chi connectivity index (χ4v) is 2.88. The summed E-state index contributed by atoms with van der Waals surface area (Å²) in [4.78, 5) is 0. The Morgan fingerprint density at radius 1 is 1.21 bits per heavy atom. The summed E-state index contributed by atoms with van der Waals surface area (Å²) in [6, 6.07) is 6.55. The van der Waals surface area contributed by atoms with E-state index in [9.17, 15) is 0 Å². The summed E-state index contributed by atoms with van der Waals surface area (Å²) in [5, 5.41) is 0. The second-order valence-electron chi connectivity index (χ2n) is 8.31. The molecule has 1 rings (SSSR count). The molecular weight excluding hydrogens is 296 g/mol. The third-order valence-corrected chi connectivity index (χ3v) is 4.26. The number of hydrogen-bond donors (Lipinski definition) is 0. The van der Waals surface area contributed by atoms with Crippen LogP contribution in [0.2, 0.25) is 0 Å². The Morgan fingerprint density at radius 2 is 1.83 bits per heavy atom. The van der Waals surface area contributed by atoms with E-state index in [1.807, 2.05) is 6.92 Å². The van der Waals surface area contributed by atoms with Crippen LogP contribution in [0, 0.1) is 18.3 Å². The van der Waals surface area contributed by atoms with Crippen LogP contribution in [-0.2, 0) is 4.74 Å². The average Bonchev–Trinajstić information content (AvgIpc) is 2.44. The Bertz CT molecular complexity index is 537. The van der Waals surface area contributed by atoms with Gasteiger partial charge >= 0.3 is 0 Å². The lowest BCUT2D eigenvalue weighted by Gasteiger charge is -2.31. The molecule has 1 aromatic rings. The molecule has 0 aliphatic rings. The third kappa shape index (κ3) is 5.98. The summed E-state index contributed by atoms with van der Waals surface area (Å²) in [6.45, 7) is 21.9. The molecule has 0 heterocycles. The van der Waals surface area contributed by atoms with Gasteiger partial charge in [0, 0.05) is 12.0 Å². The van der Waals surface area contributed by atoms with Crippen molar-refractivity contribution < 1.29 is 9.47 Å². The second-order valence-corrected chi connectivity index (χ2v) is 8.31. The molecule has 0 radical (unpaired) electrons. The van der Waals surface area contributed by atoms with E-state index in [0.717, 1.165) is 17.7 Å². The molecule has 0 saturated heterocycles. The van der Waals surface area contributed by atoms with Crippen molar-refractivity contribution in [3.63, 3.8) is 0 Å². The first-order valence-electron chi connectivity index (χ1n) is 9.09. The van der Waals surface area contributed by atoms with Gasteiger partial charge in [-0.2, -0.15) is 0 Å². The molecule has 0 saturated carbocycles. The van der Waals surface area contributed by atoms with E-state index in [2.05, 4.69) is 73.2 Å². The van der Waals surface area contributed by atoms with E-state index in [0.29, 0.717) is 18.4 Å². The first kappa shape index (κ1) is 20.8. The zero-order valence-electron chi connectivity index (χ0n) is 16.9. The molecule has 0 spiro atoms. The maximum atomic E-state index is 6.19. The van der Waals surface area contributed by atoms with Crippen molar-refractivity contribution in [2.24, 2.45) is 11.3 Å². The van der Waals surface area contributed by atoms with Crippen molar-refractivity contribution in [1.29, 1.82) is 0 Å². The lowest BCUT2D eigenvalue weighted by atomic mass is 9.83. The highest BCUT2D eigenvalue weighted by atomic mass is 16.7. The van der Waals surface area contributed by atoms with E-state index in [1.165, 1.54) is 11.1 Å². The standard InChI is InChI=1S/C22H36O2/c1-10-23-21(22(7,8)9)24-20-12-11-18(14-17(20)6)19(16(4)5)13-15(2)3/h11-12,14,16,19,21H,2,10,13H2,1,3-9H3. The molecule has 0 fully saturated rings. The molecule has 0 bridgehead atoms. The molecule has 24 heavy (non-hydrogen) atoms. The Balaban J connectivity index is 3.03. The number of aryl methyl sites for hydroxylation is 1. The first-order valence-corrected chi connectivity index (χ1v) is 9.09. The minimum Gasteiger partial charge on any atom is -0.464 e. The lowest BCUT2D eigenvalue weighted by molar-refractivity contribution is -0.137. The quantitative estimate of drug-likeness (QED) is 0.400. The van der Waals surface area contributed by atoms with Crippen LogP contribution >= 0.6 is 0 Å². The molecule has 0 aliphatic heterocycles. The molecular formula is C22H36O2. The van der Waals surface area contributed by atoms with Gasteiger partial charge in [-0.25, -0.2) is 0 Å². The van der Waals surface area contributed by atoms with Crippen LogP contribution in [0.1, 0.15) is 71.9 Å². The predicted molar refractivity (Wildman–Crippen MR) is 104 cm³/mol. The largest absolute Gasteiger partial charge is 0.464 e. The molecule has 2 unspecified atom stereocenters. The van der Waals surface area contributed by atoms with Crippen molar-refractivity contribution in [2.75, 3.05) is 6.61 Å². The Morgan fingerprint density at radius 3 is 2.25 bits per heavy atom. The van der Waals surface area contributed by atoms with Crippen LogP contribution in [0.15, 0.2) is 30.4 Å². The Hall–Kier alpha value is -1.28. The van der Waals surface area contributed by atoms with Crippen LogP contribution in [-0.4, -0.2) is 12.9 Å². The third-order valence-electron chi connectivity index (χ3n) is 4.26. The van der Waals surface area contributed by atoms with Crippen molar-refractivity contribution >= 4 is 0 Å². The van der Waals surface area contributed by atoms with Crippen LogP contribution < -0.4 is 4.74 Å². The van der Waals surface area contributed by atoms with E-state index in [4.69, 9.17) is 9.47 Å². The maximum Gasteiger partial charge on any atom is 0.204 e. The first-order chi connectivity index (χ1) is 11.1. The Kier molecular flexibility index (Phi) is 7.54. The van der Waals surface area contributed by atoms with Crippen molar-refractivity contribution in [3.8, 4) is 5.75 Å². The number of benzene rings is 1. The zero-order valence-corrected chi connectivity index (χ0v) is 16.9. The van der Waals surface area contributed by atoms with Crippen LogP contribution in [0.4, 0.5) is 0 Å². The molecule has 2 atom stereocenters. The molecule has 1 aromatic carbocycles. The van der Waals surface area contributed by atoms with Gasteiger partial charge in [-0.1, -0.05) is 52.3 Å². The Labute approximate surface area is 149 Å². The summed E-state index contributed by atoms with van der Waals surface area (Å²) < 4.78 is 12.0. The van der Waals surface area contributed by atoms with Crippen molar-refractivity contribution in [2.45, 2.75) is 74.0 Å². The fraction of sp³-hybridized carbons (Fsp3) is 0.636. The number of rotatable bonds is 8. The molecule has 0 aliphatic carbocycles. The molecule has 2 nitrogen and oxygen atoms in total. The van der Waals surface area contributed by atoms with Gasteiger partial charge in [0.25, 0.3) is 0 Å². The smallest absolute Gasteiger partial charge is 0.204 e. The van der Waals surface area contributed by atoms with Gasteiger partial charge in [0.15, 0.2) is 0 Å². The highest BCUT2D eigenvalue weighted by Gasteiger charge is 2.27. The van der Waals surface area contributed by atoms with Gasteiger partial charge in [-0.05, 0) is 56.2 Å². The topological polar surface area (TPSA) is 18.5 Å². The van der Waals surface area contributed by atoms with Gasteiger partial charge in [0.05, 0.1) is 0 Å². The SMILES string of the molecule is C=C(C)CC(c1ccc(OC(OCC)C(C)(C)C)c(C)c1)C(C)C. The zero-order chi connectivity index (χ0) is 18.5. The van der Waals surface area contributed by atoms with Gasteiger partial charge < -0.3 is 9.47 Å². The van der Waals surface area contributed by atoms with E-state index in [-0.39, 0.29) is 11.7 Å². The van der Waals surface area contributed by atoms with Crippen molar-refractivity contribution in [1.82, 2.24) is 0 Å². The predicted octanol–water partition coefficient (Wildman–Crippen LogP) is 6.49. The normalized spacial score (nSPS) is 14.5. The minimum atomic E-state index is -0.247. The molecule has 0 N–H and O–H groups in total. The van der Waals surface area contributed by atoms with E-state index < -0.39 is 0 Å². The summed E-state index contributed by atoms with van der Waals surface area (Å²) >= 11 is 0. The van der Waals surface area contributed by atoms with Gasteiger partial charge in [0.2, 0.25) is 6.29 Å². The summed E-state index contributed by atoms with van der Waals surface area (Å²) in [5.41, 5.74) is 3.69. The average molecular weight is 333 g/mol. The van der Waals surface area contributed by atoms with E-state index in [1.54, 1.807) is 0 Å². The molecule has 136 valence electrons. The number of ether oxygens (including phenoxy) is 2. The van der Waals surface area contributed by atoms with Gasteiger partial charge in [0.1, 0.15) is 5.75 Å². The highest BCUT2D eigenvalue weighted by molar-refractivity contribution is 5.38. The van der Waals surface area contributed by atoms with Crippen LogP contribution in [0.25, 0.3) is 0 Å². The molecule has 0 amide bonds. The fourth-order valence-electron chi connectivity index (χ4n) is 2.88. The number of allylic oxidation sites excluding steroid dienone is 1. The number of hydrogen-bond acceptors (Lipinski definition) is 2. The summed E-state index contributed by atoms with van der Waals surface area (Å²) in [6.07, 6.45) is 0.782. The highest BCUT2D eigenvalue weighted by Crippen LogP contribution is 2.34. The summed E-state index contributed by atoms with van der Waals surface area (Å²) in [5.74, 6) is 1.99. The van der Waals surface area contributed by atoms with Crippen LogP contribution in [0.3, 0.4) is 0 Å². The van der Waals surface area contributed by atoms with Crippen molar-refractivity contribution in [3.05, 3.63) is 41.5 Å². The van der Waals surface area contributed by atoms with E-state index >= 15 is 0 Å². The molecule has 2 heteroatoms.